The van der Waals surface area contributed by atoms with Crippen molar-refractivity contribution in [1.29, 1.82) is 0 Å². The van der Waals surface area contributed by atoms with Crippen LogP contribution in [0.3, 0.4) is 0 Å². The Morgan fingerprint density at radius 3 is 2.18 bits per heavy atom. The fraction of sp³-hybridized carbons (Fsp3) is 0.519. The van der Waals surface area contributed by atoms with Gasteiger partial charge < -0.3 is 9.84 Å². The first-order chi connectivity index (χ1) is 15.8. The van der Waals surface area contributed by atoms with Crippen LogP contribution in [-0.2, 0) is 16.0 Å². The highest BCUT2D eigenvalue weighted by Gasteiger charge is 2.37. The second-order valence-electron chi connectivity index (χ2n) is 9.82. The molecule has 178 valence electrons. The minimum Gasteiger partial charge on any atom is -0.466 e. The number of hydrogen-bond donors (Lipinski definition) is 1. The fourth-order valence-electron chi connectivity index (χ4n) is 4.40. The number of hydrogen-bond acceptors (Lipinski definition) is 5. The predicted octanol–water partition coefficient (Wildman–Crippen LogP) is 5.36. The van der Waals surface area contributed by atoms with Crippen LogP contribution < -0.4 is 0 Å². The monoisotopic (exact) mass is 451 g/mol. The van der Waals surface area contributed by atoms with Gasteiger partial charge in [-0.15, -0.1) is 0 Å². The van der Waals surface area contributed by atoms with Crippen LogP contribution in [0, 0.1) is 11.3 Å². The Bertz CT molecular complexity index is 977. The first-order valence-electron chi connectivity index (χ1n) is 12.0. The van der Waals surface area contributed by atoms with Gasteiger partial charge in [0.15, 0.2) is 0 Å². The standard InChI is InChI=1S/C27H37N3O3/c1-5-11-21(27(2,3)4)26(32)24(30-28-22-14-9-10-15-23(22)29-30)18-19-33-25(31)17-16-20-12-7-6-8-13-20/h6-10,12-15,21,24,26,32H,5,11,16-19H2,1-4H3. The van der Waals surface area contributed by atoms with Crippen molar-refractivity contribution in [2.75, 3.05) is 6.61 Å². The molecule has 6 heteroatoms. The summed E-state index contributed by atoms with van der Waals surface area (Å²) in [6.45, 7) is 8.82. The van der Waals surface area contributed by atoms with Gasteiger partial charge in [-0.1, -0.05) is 76.6 Å². The zero-order chi connectivity index (χ0) is 23.8. The van der Waals surface area contributed by atoms with E-state index < -0.39 is 6.10 Å². The van der Waals surface area contributed by atoms with E-state index in [1.54, 1.807) is 4.80 Å². The molecule has 0 aliphatic heterocycles. The van der Waals surface area contributed by atoms with Gasteiger partial charge >= 0.3 is 5.97 Å². The minimum absolute atomic E-state index is 0.0652. The van der Waals surface area contributed by atoms with Crippen molar-refractivity contribution in [3.63, 3.8) is 0 Å². The van der Waals surface area contributed by atoms with E-state index in [1.807, 2.05) is 54.6 Å². The molecule has 0 bridgehead atoms. The maximum absolute atomic E-state index is 12.3. The van der Waals surface area contributed by atoms with Crippen LogP contribution in [0.15, 0.2) is 54.6 Å². The minimum atomic E-state index is -0.658. The van der Waals surface area contributed by atoms with Crippen molar-refractivity contribution >= 4 is 17.0 Å². The van der Waals surface area contributed by atoms with Crippen molar-refractivity contribution < 1.29 is 14.6 Å². The third-order valence-electron chi connectivity index (χ3n) is 6.25. The molecule has 3 unspecified atom stereocenters. The Balaban J connectivity index is 1.70. The summed E-state index contributed by atoms with van der Waals surface area (Å²) in [5, 5.41) is 20.8. The van der Waals surface area contributed by atoms with Crippen molar-refractivity contribution in [1.82, 2.24) is 15.0 Å². The van der Waals surface area contributed by atoms with Crippen molar-refractivity contribution in [2.24, 2.45) is 11.3 Å². The van der Waals surface area contributed by atoms with E-state index in [2.05, 4.69) is 37.9 Å². The molecule has 0 radical (unpaired) electrons. The summed E-state index contributed by atoms with van der Waals surface area (Å²) in [6.07, 6.45) is 2.67. The summed E-state index contributed by atoms with van der Waals surface area (Å²) in [5.74, 6) is -0.165. The van der Waals surface area contributed by atoms with Crippen LogP contribution in [0.1, 0.15) is 65.0 Å². The van der Waals surface area contributed by atoms with Crippen molar-refractivity contribution in [2.45, 2.75) is 71.9 Å². The Hall–Kier alpha value is -2.73. The van der Waals surface area contributed by atoms with E-state index in [0.717, 1.165) is 29.4 Å². The SMILES string of the molecule is CCCC(C(O)C(CCOC(=O)CCc1ccccc1)n1nc2ccccc2n1)C(C)(C)C. The zero-order valence-electron chi connectivity index (χ0n) is 20.3. The van der Waals surface area contributed by atoms with Crippen LogP contribution in [0.5, 0.6) is 0 Å². The van der Waals surface area contributed by atoms with Crippen LogP contribution >= 0.6 is 0 Å². The van der Waals surface area contributed by atoms with E-state index in [9.17, 15) is 9.90 Å². The number of aliphatic hydroxyl groups excluding tert-OH is 1. The molecule has 0 aliphatic rings. The zero-order valence-corrected chi connectivity index (χ0v) is 20.3. The molecule has 0 fully saturated rings. The Morgan fingerprint density at radius 1 is 1.00 bits per heavy atom. The third-order valence-corrected chi connectivity index (χ3v) is 6.25. The van der Waals surface area contributed by atoms with Crippen LogP contribution in [0.4, 0.5) is 0 Å². The van der Waals surface area contributed by atoms with Gasteiger partial charge in [0.25, 0.3) is 0 Å². The lowest BCUT2D eigenvalue weighted by molar-refractivity contribution is -0.144. The summed E-state index contributed by atoms with van der Waals surface area (Å²) in [6, 6.07) is 17.2. The number of aryl methyl sites for hydroxylation is 1. The second-order valence-corrected chi connectivity index (χ2v) is 9.82. The number of carbonyl (C=O) groups excluding carboxylic acids is 1. The molecule has 3 aromatic rings. The number of fused-ring (bicyclic) bond motifs is 1. The molecule has 0 spiro atoms. The van der Waals surface area contributed by atoms with Gasteiger partial charge in [-0.05, 0) is 41.9 Å². The van der Waals surface area contributed by atoms with Crippen LogP contribution in [-0.4, -0.2) is 38.8 Å². The number of esters is 1. The molecule has 0 amide bonds. The van der Waals surface area contributed by atoms with Gasteiger partial charge in [0.2, 0.25) is 0 Å². The first-order valence-corrected chi connectivity index (χ1v) is 12.0. The quantitative estimate of drug-likeness (QED) is 0.397. The lowest BCUT2D eigenvalue weighted by atomic mass is 9.73. The van der Waals surface area contributed by atoms with Crippen LogP contribution in [0.25, 0.3) is 11.0 Å². The highest BCUT2D eigenvalue weighted by Crippen LogP contribution is 2.37. The maximum Gasteiger partial charge on any atom is 0.306 e. The van der Waals surface area contributed by atoms with E-state index >= 15 is 0 Å². The topological polar surface area (TPSA) is 77.2 Å². The molecule has 2 aromatic carbocycles. The molecule has 0 saturated heterocycles. The summed E-state index contributed by atoms with van der Waals surface area (Å²) in [5.41, 5.74) is 2.62. The lowest BCUT2D eigenvalue weighted by Crippen LogP contribution is -2.39. The molecule has 3 atom stereocenters. The lowest BCUT2D eigenvalue weighted by Gasteiger charge is -2.37. The number of nitrogens with zero attached hydrogens (tertiary/aromatic N) is 3. The molecule has 33 heavy (non-hydrogen) atoms. The smallest absolute Gasteiger partial charge is 0.306 e. The predicted molar refractivity (Wildman–Crippen MR) is 131 cm³/mol. The number of ether oxygens (including phenoxy) is 1. The highest BCUT2D eigenvalue weighted by atomic mass is 16.5. The molecule has 1 aromatic heterocycles. The molecule has 1 heterocycles. The summed E-state index contributed by atoms with van der Waals surface area (Å²) in [7, 11) is 0. The number of rotatable bonds is 11. The number of carbonyl (C=O) groups is 1. The Morgan fingerprint density at radius 2 is 1.61 bits per heavy atom. The number of aliphatic hydroxyl groups is 1. The molecular weight excluding hydrogens is 414 g/mol. The van der Waals surface area contributed by atoms with Crippen molar-refractivity contribution in [3.05, 3.63) is 60.2 Å². The molecule has 0 saturated carbocycles. The maximum atomic E-state index is 12.3. The van der Waals surface area contributed by atoms with Gasteiger partial charge in [0.1, 0.15) is 17.1 Å². The summed E-state index contributed by atoms with van der Waals surface area (Å²) in [4.78, 5) is 13.9. The third kappa shape index (κ3) is 6.87. The molecular formula is C27H37N3O3. The number of benzene rings is 2. The second kappa shape index (κ2) is 11.4. The average Bonchev–Trinajstić information content (AvgIpc) is 3.22. The average molecular weight is 452 g/mol. The van der Waals surface area contributed by atoms with E-state index in [-0.39, 0.29) is 30.0 Å². The molecule has 0 aliphatic carbocycles. The van der Waals surface area contributed by atoms with Gasteiger partial charge in [-0.25, -0.2) is 0 Å². The van der Waals surface area contributed by atoms with Gasteiger partial charge in [0, 0.05) is 12.8 Å². The summed E-state index contributed by atoms with van der Waals surface area (Å²) >= 11 is 0. The van der Waals surface area contributed by atoms with E-state index in [1.165, 1.54) is 0 Å². The summed E-state index contributed by atoms with van der Waals surface area (Å²) < 4.78 is 5.55. The van der Waals surface area contributed by atoms with Gasteiger partial charge in [-0.3, -0.25) is 4.79 Å². The Kier molecular flexibility index (Phi) is 8.61. The van der Waals surface area contributed by atoms with Crippen LogP contribution in [0.2, 0.25) is 0 Å². The van der Waals surface area contributed by atoms with E-state index in [4.69, 9.17) is 4.74 Å². The number of aromatic nitrogens is 3. The van der Waals surface area contributed by atoms with Gasteiger partial charge in [-0.2, -0.15) is 15.0 Å². The van der Waals surface area contributed by atoms with Crippen molar-refractivity contribution in [3.8, 4) is 0 Å². The largest absolute Gasteiger partial charge is 0.466 e. The highest BCUT2D eigenvalue weighted by molar-refractivity contribution is 5.73. The molecule has 6 nitrogen and oxygen atoms in total. The molecule has 3 rings (SSSR count). The van der Waals surface area contributed by atoms with E-state index in [0.29, 0.717) is 19.3 Å². The first kappa shape index (κ1) is 24.9. The molecule has 1 N–H and O–H groups in total. The Labute approximate surface area is 197 Å². The normalized spacial score (nSPS) is 14.7. The van der Waals surface area contributed by atoms with Gasteiger partial charge in [0.05, 0.1) is 12.7 Å². The fourth-order valence-corrected chi connectivity index (χ4v) is 4.40.